The van der Waals surface area contributed by atoms with Gasteiger partial charge in [-0.3, -0.25) is 4.98 Å². The summed E-state index contributed by atoms with van der Waals surface area (Å²) in [7, 11) is 0. The van der Waals surface area contributed by atoms with Crippen molar-refractivity contribution in [3.05, 3.63) is 50.4 Å². The second-order valence-corrected chi connectivity index (χ2v) is 5.50. The minimum Gasteiger partial charge on any atom is -0.388 e. The van der Waals surface area contributed by atoms with E-state index < -0.39 is 6.10 Å². The second-order valence-electron chi connectivity index (χ2n) is 3.64. The van der Waals surface area contributed by atoms with Crippen molar-refractivity contribution in [3.8, 4) is 0 Å². The van der Waals surface area contributed by atoms with Gasteiger partial charge in [-0.05, 0) is 45.9 Å². The number of pyridine rings is 1. The number of thiophene rings is 1. The molecule has 0 radical (unpaired) electrons. The summed E-state index contributed by atoms with van der Waals surface area (Å²) in [6.07, 6.45) is 1.88. The lowest BCUT2D eigenvalue weighted by molar-refractivity contribution is 0.179. The number of rotatable bonds is 3. The van der Waals surface area contributed by atoms with Crippen LogP contribution in [0.3, 0.4) is 0 Å². The van der Waals surface area contributed by atoms with E-state index in [2.05, 4.69) is 20.9 Å². The third-order valence-electron chi connectivity index (χ3n) is 2.39. The van der Waals surface area contributed by atoms with Crippen molar-refractivity contribution in [3.63, 3.8) is 0 Å². The summed E-state index contributed by atoms with van der Waals surface area (Å²) in [6.45, 7) is 1.94. The first-order chi connectivity index (χ1) is 7.66. The monoisotopic (exact) mass is 297 g/mol. The van der Waals surface area contributed by atoms with Gasteiger partial charge in [0, 0.05) is 27.7 Å². The van der Waals surface area contributed by atoms with Crippen molar-refractivity contribution in [2.24, 2.45) is 0 Å². The second kappa shape index (κ2) is 5.08. The summed E-state index contributed by atoms with van der Waals surface area (Å²) in [5, 5.41) is 12.1. The molecule has 2 aromatic heterocycles. The highest BCUT2D eigenvalue weighted by Crippen LogP contribution is 2.27. The van der Waals surface area contributed by atoms with Crippen molar-refractivity contribution < 1.29 is 5.11 Å². The fourth-order valence-electron chi connectivity index (χ4n) is 1.44. The average molecular weight is 298 g/mol. The Morgan fingerprint density at radius 1 is 1.44 bits per heavy atom. The molecule has 1 unspecified atom stereocenters. The Kier molecular flexibility index (Phi) is 3.74. The third kappa shape index (κ3) is 2.70. The van der Waals surface area contributed by atoms with Crippen molar-refractivity contribution in [1.29, 1.82) is 0 Å². The number of aliphatic hydroxyl groups excluding tert-OH is 1. The van der Waals surface area contributed by atoms with Gasteiger partial charge in [-0.15, -0.1) is 11.3 Å². The molecular weight excluding hydrogens is 286 g/mol. The van der Waals surface area contributed by atoms with Crippen LogP contribution in [0.1, 0.15) is 22.2 Å². The molecule has 2 rings (SSSR count). The first kappa shape index (κ1) is 11.8. The molecule has 0 aromatic carbocycles. The van der Waals surface area contributed by atoms with Crippen LogP contribution in [0.5, 0.6) is 0 Å². The zero-order valence-corrected chi connectivity index (χ0v) is 11.3. The Hall–Kier alpha value is -0.710. The number of hydrogen-bond acceptors (Lipinski definition) is 3. The Bertz CT molecular complexity index is 466. The highest BCUT2D eigenvalue weighted by Gasteiger charge is 2.11. The minimum atomic E-state index is -0.483. The minimum absolute atomic E-state index is 0.483. The maximum Gasteiger partial charge on any atom is 0.0853 e. The van der Waals surface area contributed by atoms with Gasteiger partial charge in [0.05, 0.1) is 6.10 Å². The summed E-state index contributed by atoms with van der Waals surface area (Å²) >= 11 is 5.11. The predicted octanol–water partition coefficient (Wildman–Crippen LogP) is 3.49. The summed E-state index contributed by atoms with van der Waals surface area (Å²) < 4.78 is 1.07. The number of aromatic nitrogens is 1. The molecule has 84 valence electrons. The molecule has 0 aliphatic carbocycles. The Labute approximate surface area is 107 Å². The molecule has 1 atom stereocenters. The molecule has 0 saturated heterocycles. The molecule has 16 heavy (non-hydrogen) atoms. The van der Waals surface area contributed by atoms with Gasteiger partial charge < -0.3 is 5.11 Å². The summed E-state index contributed by atoms with van der Waals surface area (Å²) in [5.74, 6) is 0. The van der Waals surface area contributed by atoms with E-state index in [4.69, 9.17) is 0 Å². The lowest BCUT2D eigenvalue weighted by Gasteiger charge is -2.09. The standard InChI is InChI=1S/C12H12BrNOS/c1-8-2-3-9(7-14-8)11(15)6-12-10(13)4-5-16-12/h2-5,7,11,15H,6H2,1H3. The van der Waals surface area contributed by atoms with Crippen LogP contribution in [-0.4, -0.2) is 10.1 Å². The molecule has 2 aromatic rings. The zero-order chi connectivity index (χ0) is 11.5. The SMILES string of the molecule is Cc1ccc(C(O)Cc2sccc2Br)cn1. The van der Waals surface area contributed by atoms with Crippen molar-refractivity contribution in [1.82, 2.24) is 4.98 Å². The highest BCUT2D eigenvalue weighted by molar-refractivity contribution is 9.10. The van der Waals surface area contributed by atoms with Crippen LogP contribution >= 0.6 is 27.3 Å². The topological polar surface area (TPSA) is 33.1 Å². The number of hydrogen-bond donors (Lipinski definition) is 1. The van der Waals surface area contributed by atoms with Gasteiger partial charge >= 0.3 is 0 Å². The normalized spacial score (nSPS) is 12.7. The van der Waals surface area contributed by atoms with E-state index in [1.54, 1.807) is 17.5 Å². The summed E-state index contributed by atoms with van der Waals surface area (Å²) in [4.78, 5) is 5.34. The van der Waals surface area contributed by atoms with Gasteiger partial charge in [-0.1, -0.05) is 6.07 Å². The Morgan fingerprint density at radius 3 is 2.81 bits per heavy atom. The first-order valence-electron chi connectivity index (χ1n) is 4.99. The average Bonchev–Trinajstić information content (AvgIpc) is 2.65. The Morgan fingerprint density at radius 2 is 2.25 bits per heavy atom. The van der Waals surface area contributed by atoms with E-state index in [1.165, 1.54) is 0 Å². The molecule has 0 amide bonds. The summed E-state index contributed by atoms with van der Waals surface area (Å²) in [6, 6.07) is 5.84. The fourth-order valence-corrected chi connectivity index (χ4v) is 2.99. The molecule has 0 bridgehead atoms. The zero-order valence-electron chi connectivity index (χ0n) is 8.85. The van der Waals surface area contributed by atoms with Crippen LogP contribution in [0.4, 0.5) is 0 Å². The summed E-state index contributed by atoms with van der Waals surface area (Å²) in [5.41, 5.74) is 1.83. The molecule has 0 saturated carbocycles. The number of nitrogens with zero attached hydrogens (tertiary/aromatic N) is 1. The van der Waals surface area contributed by atoms with Crippen LogP contribution < -0.4 is 0 Å². The van der Waals surface area contributed by atoms with E-state index in [9.17, 15) is 5.11 Å². The number of halogens is 1. The predicted molar refractivity (Wildman–Crippen MR) is 69.7 cm³/mol. The van der Waals surface area contributed by atoms with E-state index in [0.717, 1.165) is 20.6 Å². The van der Waals surface area contributed by atoms with E-state index in [0.29, 0.717) is 6.42 Å². The van der Waals surface area contributed by atoms with Crippen molar-refractivity contribution >= 4 is 27.3 Å². The maximum absolute atomic E-state index is 10.1. The van der Waals surface area contributed by atoms with Gasteiger partial charge in [0.25, 0.3) is 0 Å². The first-order valence-corrected chi connectivity index (χ1v) is 6.66. The van der Waals surface area contributed by atoms with Crippen molar-refractivity contribution in [2.75, 3.05) is 0 Å². The molecule has 2 heterocycles. The molecule has 1 N–H and O–H groups in total. The molecular formula is C12H12BrNOS. The molecule has 0 fully saturated rings. The highest BCUT2D eigenvalue weighted by atomic mass is 79.9. The van der Waals surface area contributed by atoms with Gasteiger partial charge in [0.2, 0.25) is 0 Å². The van der Waals surface area contributed by atoms with E-state index >= 15 is 0 Å². The van der Waals surface area contributed by atoms with Crippen LogP contribution in [0.2, 0.25) is 0 Å². The van der Waals surface area contributed by atoms with Crippen LogP contribution in [-0.2, 0) is 6.42 Å². The number of aryl methyl sites for hydroxylation is 1. The lowest BCUT2D eigenvalue weighted by atomic mass is 10.1. The van der Waals surface area contributed by atoms with E-state index in [-0.39, 0.29) is 0 Å². The molecule has 0 aliphatic heterocycles. The van der Waals surface area contributed by atoms with Gasteiger partial charge in [0.1, 0.15) is 0 Å². The lowest BCUT2D eigenvalue weighted by Crippen LogP contribution is -2.01. The van der Waals surface area contributed by atoms with Gasteiger partial charge in [-0.25, -0.2) is 0 Å². The Balaban J connectivity index is 2.11. The van der Waals surface area contributed by atoms with Crippen LogP contribution in [0.25, 0.3) is 0 Å². The smallest absolute Gasteiger partial charge is 0.0853 e. The maximum atomic E-state index is 10.1. The number of aliphatic hydroxyl groups is 1. The van der Waals surface area contributed by atoms with Crippen LogP contribution in [0.15, 0.2) is 34.2 Å². The van der Waals surface area contributed by atoms with Crippen LogP contribution in [0, 0.1) is 6.92 Å². The molecule has 4 heteroatoms. The van der Waals surface area contributed by atoms with Gasteiger partial charge in [-0.2, -0.15) is 0 Å². The molecule has 0 spiro atoms. The van der Waals surface area contributed by atoms with Gasteiger partial charge in [0.15, 0.2) is 0 Å². The largest absolute Gasteiger partial charge is 0.388 e. The van der Waals surface area contributed by atoms with E-state index in [1.807, 2.05) is 30.5 Å². The quantitative estimate of drug-likeness (QED) is 0.941. The molecule has 2 nitrogen and oxygen atoms in total. The van der Waals surface area contributed by atoms with Crippen molar-refractivity contribution in [2.45, 2.75) is 19.4 Å². The fraction of sp³-hybridized carbons (Fsp3) is 0.250. The third-order valence-corrected chi connectivity index (χ3v) is 4.34. The molecule has 0 aliphatic rings.